The lowest BCUT2D eigenvalue weighted by Gasteiger charge is -2.32. The van der Waals surface area contributed by atoms with E-state index < -0.39 is 17.8 Å². The number of amides is 4. The summed E-state index contributed by atoms with van der Waals surface area (Å²) in [6.07, 6.45) is 6.01. The predicted molar refractivity (Wildman–Crippen MR) is 160 cm³/mol. The van der Waals surface area contributed by atoms with E-state index in [0.29, 0.717) is 30.5 Å². The first-order valence-corrected chi connectivity index (χ1v) is 14.9. The maximum Gasteiger partial charge on any atom is 0.410 e. The number of likely N-dealkylation sites (N-methyl/N-ethyl adjacent to an activating group) is 1. The van der Waals surface area contributed by atoms with E-state index in [-0.39, 0.29) is 31.3 Å². The van der Waals surface area contributed by atoms with Gasteiger partial charge < -0.3 is 34.6 Å². The summed E-state index contributed by atoms with van der Waals surface area (Å²) in [5.41, 5.74) is 0.295. The Morgan fingerprint density at radius 3 is 2.44 bits per heavy atom. The Labute approximate surface area is 250 Å². The van der Waals surface area contributed by atoms with Crippen LogP contribution in [0.15, 0.2) is 24.3 Å². The molecule has 10 nitrogen and oxygen atoms in total. The molecule has 1 aliphatic carbocycles. The van der Waals surface area contributed by atoms with Crippen LogP contribution < -0.4 is 10.6 Å². The second-order valence-corrected chi connectivity index (χ2v) is 12.2. The predicted octanol–water partition coefficient (Wildman–Crippen LogP) is 5.99. The number of hydrogen-bond donors (Lipinski definition) is 2. The van der Waals surface area contributed by atoms with Gasteiger partial charge in [-0.1, -0.05) is 55.8 Å². The molecule has 1 saturated carbocycles. The molecule has 1 aromatic carbocycles. The van der Waals surface area contributed by atoms with Crippen LogP contribution in [-0.4, -0.2) is 87.1 Å². The van der Waals surface area contributed by atoms with Crippen molar-refractivity contribution in [3.63, 3.8) is 0 Å². The molecule has 1 unspecified atom stereocenters. The number of benzene rings is 1. The number of halogens is 1. The van der Waals surface area contributed by atoms with Crippen LogP contribution in [0.2, 0.25) is 5.02 Å². The third-order valence-corrected chi connectivity index (χ3v) is 7.27. The number of carbonyl (C=O) groups excluding carboxylic acids is 3. The molecule has 2 rings (SSSR count). The van der Waals surface area contributed by atoms with Crippen LogP contribution in [0, 0.1) is 5.92 Å². The summed E-state index contributed by atoms with van der Waals surface area (Å²) in [7, 11) is 4.76. The maximum atomic E-state index is 13.3. The fourth-order valence-electron chi connectivity index (χ4n) is 4.93. The molecule has 0 bridgehead atoms. The molecule has 41 heavy (non-hydrogen) atoms. The Kier molecular flexibility index (Phi) is 14.5. The topological polar surface area (TPSA) is 109 Å². The van der Waals surface area contributed by atoms with Crippen molar-refractivity contribution in [3.05, 3.63) is 34.9 Å². The van der Waals surface area contributed by atoms with E-state index in [0.717, 1.165) is 24.8 Å². The van der Waals surface area contributed by atoms with E-state index in [1.807, 2.05) is 39.0 Å². The average Bonchev–Trinajstić information content (AvgIpc) is 2.91. The monoisotopic (exact) mass is 596 g/mol. The Morgan fingerprint density at radius 1 is 1.10 bits per heavy atom. The van der Waals surface area contributed by atoms with Gasteiger partial charge in [-0.15, -0.1) is 0 Å². The minimum Gasteiger partial charge on any atom is -0.453 e. The Bertz CT molecular complexity index is 967. The van der Waals surface area contributed by atoms with Crippen LogP contribution in [0.3, 0.4) is 0 Å². The van der Waals surface area contributed by atoms with Crippen LogP contribution in [-0.2, 0) is 14.2 Å². The smallest absolute Gasteiger partial charge is 0.410 e. The lowest BCUT2D eigenvalue weighted by Crippen LogP contribution is -2.50. The molecule has 1 aromatic rings. The van der Waals surface area contributed by atoms with E-state index in [9.17, 15) is 14.4 Å². The molecule has 0 spiro atoms. The van der Waals surface area contributed by atoms with Crippen LogP contribution in [0.5, 0.6) is 0 Å². The van der Waals surface area contributed by atoms with Crippen molar-refractivity contribution in [1.82, 2.24) is 20.4 Å². The quantitative estimate of drug-likeness (QED) is 0.271. The molecule has 232 valence electrons. The number of ether oxygens (including phenoxy) is 3. The zero-order valence-electron chi connectivity index (χ0n) is 25.5. The largest absolute Gasteiger partial charge is 0.453 e. The molecule has 2 atom stereocenters. The van der Waals surface area contributed by atoms with Gasteiger partial charge in [-0.25, -0.2) is 14.4 Å². The Hall–Kier alpha value is -2.72. The molecule has 2 N–H and O–H groups in total. The summed E-state index contributed by atoms with van der Waals surface area (Å²) in [4.78, 5) is 40.5. The van der Waals surface area contributed by atoms with Crippen molar-refractivity contribution in [2.24, 2.45) is 5.92 Å². The van der Waals surface area contributed by atoms with Crippen LogP contribution >= 0.6 is 11.6 Å². The van der Waals surface area contributed by atoms with Gasteiger partial charge in [0.2, 0.25) is 0 Å². The number of alkyl carbamates (subject to hydrolysis) is 1. The van der Waals surface area contributed by atoms with Gasteiger partial charge in [0, 0.05) is 44.8 Å². The summed E-state index contributed by atoms with van der Waals surface area (Å²) in [6, 6.07) is 7.01. The second kappa shape index (κ2) is 17.3. The average molecular weight is 597 g/mol. The van der Waals surface area contributed by atoms with Gasteiger partial charge in [0.25, 0.3) is 0 Å². The zero-order chi connectivity index (χ0) is 30.4. The molecule has 1 fully saturated rings. The molecule has 0 heterocycles. The molecule has 1 aliphatic rings. The molecule has 11 heteroatoms. The number of carbonyl (C=O) groups is 3. The number of methoxy groups -OCH3 is 1. The highest BCUT2D eigenvalue weighted by atomic mass is 35.5. The molecule has 4 amide bonds. The van der Waals surface area contributed by atoms with Gasteiger partial charge in [-0.3, -0.25) is 0 Å². The first-order chi connectivity index (χ1) is 19.4. The molecule has 0 aromatic heterocycles. The van der Waals surface area contributed by atoms with Gasteiger partial charge in [0.15, 0.2) is 0 Å². The number of rotatable bonds is 13. The number of hydrogen-bond acceptors (Lipinski definition) is 6. The van der Waals surface area contributed by atoms with E-state index in [2.05, 4.69) is 15.4 Å². The van der Waals surface area contributed by atoms with Gasteiger partial charge in [0.05, 0.1) is 19.8 Å². The standard InChI is InChI=1S/C30H49ClN4O6/c1-30(2,3)41-29(38)35(5)21-25(19-22-11-8-7-9-12-22)33-27(36)34(4)17-15-26(23-13-10-14-24(31)20-23)40-18-16-32-28(37)39-6/h10,13-14,20,22,25-26H,7-9,11-12,15-19,21H2,1-6H3,(H,32,37)(H,33,36)/t25?,26-/m0/s1. The van der Waals surface area contributed by atoms with Crippen LogP contribution in [0.25, 0.3) is 0 Å². The van der Waals surface area contributed by atoms with E-state index in [1.165, 1.54) is 26.4 Å². The highest BCUT2D eigenvalue weighted by molar-refractivity contribution is 6.30. The Morgan fingerprint density at radius 2 is 1.80 bits per heavy atom. The normalized spacial score (nSPS) is 15.4. The summed E-state index contributed by atoms with van der Waals surface area (Å²) in [6.45, 7) is 6.86. The van der Waals surface area contributed by atoms with Crippen LogP contribution in [0.4, 0.5) is 14.4 Å². The highest BCUT2D eigenvalue weighted by Gasteiger charge is 2.27. The van der Waals surface area contributed by atoms with Crippen molar-refractivity contribution < 1.29 is 28.6 Å². The third-order valence-electron chi connectivity index (χ3n) is 7.04. The maximum absolute atomic E-state index is 13.3. The van der Waals surface area contributed by atoms with E-state index >= 15 is 0 Å². The molecular weight excluding hydrogens is 548 g/mol. The summed E-state index contributed by atoms with van der Waals surface area (Å²) in [5, 5.41) is 6.36. The lowest BCUT2D eigenvalue weighted by molar-refractivity contribution is 0.0276. The number of nitrogens with zero attached hydrogens (tertiary/aromatic N) is 2. The third kappa shape index (κ3) is 13.7. The first kappa shape index (κ1) is 34.5. The molecule has 0 radical (unpaired) electrons. The van der Waals surface area contributed by atoms with Gasteiger partial charge in [0.1, 0.15) is 5.60 Å². The van der Waals surface area contributed by atoms with Gasteiger partial charge in [-0.05, 0) is 57.2 Å². The SMILES string of the molecule is COC(=O)NCCO[C@@H](CCN(C)C(=O)NC(CC1CCCCC1)CN(C)C(=O)OC(C)(C)C)c1cccc(Cl)c1. The van der Waals surface area contributed by atoms with Crippen molar-refractivity contribution >= 4 is 29.8 Å². The lowest BCUT2D eigenvalue weighted by atomic mass is 9.84. The fourth-order valence-corrected chi connectivity index (χ4v) is 5.12. The van der Waals surface area contributed by atoms with E-state index in [4.69, 9.17) is 21.1 Å². The number of nitrogens with one attached hydrogen (secondary N) is 2. The highest BCUT2D eigenvalue weighted by Crippen LogP contribution is 2.28. The van der Waals surface area contributed by atoms with Crippen molar-refractivity contribution in [3.8, 4) is 0 Å². The first-order valence-electron chi connectivity index (χ1n) is 14.5. The fraction of sp³-hybridized carbons (Fsp3) is 0.700. The van der Waals surface area contributed by atoms with E-state index in [1.54, 1.807) is 30.0 Å². The zero-order valence-corrected chi connectivity index (χ0v) is 26.3. The minimum absolute atomic E-state index is 0.199. The van der Waals surface area contributed by atoms with Gasteiger partial charge >= 0.3 is 18.2 Å². The molecular formula is C30H49ClN4O6. The summed E-state index contributed by atoms with van der Waals surface area (Å²) in [5.74, 6) is 0.519. The summed E-state index contributed by atoms with van der Waals surface area (Å²) < 4.78 is 16.2. The molecule has 0 aliphatic heterocycles. The van der Waals surface area contributed by atoms with Crippen LogP contribution in [0.1, 0.15) is 77.4 Å². The van der Waals surface area contributed by atoms with Crippen molar-refractivity contribution in [2.75, 3.05) is 47.4 Å². The molecule has 0 saturated heterocycles. The Balaban J connectivity index is 2.01. The van der Waals surface area contributed by atoms with Crippen molar-refractivity contribution in [1.29, 1.82) is 0 Å². The minimum atomic E-state index is -0.593. The summed E-state index contributed by atoms with van der Waals surface area (Å²) >= 11 is 6.22. The number of urea groups is 1. The van der Waals surface area contributed by atoms with Crippen molar-refractivity contribution in [2.45, 2.75) is 83.5 Å². The van der Waals surface area contributed by atoms with Gasteiger partial charge in [-0.2, -0.15) is 0 Å². The second-order valence-electron chi connectivity index (χ2n) is 11.8.